The monoisotopic (exact) mass is 291 g/mol. The zero-order valence-electron chi connectivity index (χ0n) is 13.5. The zero-order valence-corrected chi connectivity index (χ0v) is 13.5. The predicted octanol–water partition coefficient (Wildman–Crippen LogP) is 4.02. The minimum absolute atomic E-state index is 0.427. The van der Waals surface area contributed by atoms with Gasteiger partial charge in [0.1, 0.15) is 0 Å². The molecule has 21 heavy (non-hydrogen) atoms. The Kier molecular flexibility index (Phi) is 6.37. The van der Waals surface area contributed by atoms with Crippen molar-refractivity contribution < 1.29 is 9.47 Å². The number of benzene rings is 1. The highest BCUT2D eigenvalue weighted by Gasteiger charge is 2.31. The Hall–Kier alpha value is -1.22. The van der Waals surface area contributed by atoms with Crippen LogP contribution in [0, 0.1) is 5.41 Å². The van der Waals surface area contributed by atoms with Gasteiger partial charge in [0, 0.05) is 6.54 Å². The van der Waals surface area contributed by atoms with Crippen LogP contribution in [0.4, 0.5) is 0 Å². The Balaban J connectivity index is 1.89. The summed E-state index contributed by atoms with van der Waals surface area (Å²) in [7, 11) is 1.69. The third kappa shape index (κ3) is 4.63. The fraction of sp³-hybridized carbons (Fsp3) is 0.667. The predicted molar refractivity (Wildman–Crippen MR) is 87.2 cm³/mol. The second-order valence-corrected chi connectivity index (χ2v) is 6.09. The molecule has 0 aromatic heterocycles. The largest absolute Gasteiger partial charge is 0.493 e. The van der Waals surface area contributed by atoms with E-state index in [-0.39, 0.29) is 0 Å². The third-order valence-electron chi connectivity index (χ3n) is 4.62. The first-order valence-corrected chi connectivity index (χ1v) is 8.26. The Morgan fingerprint density at radius 2 is 1.81 bits per heavy atom. The zero-order chi connectivity index (χ0) is 15.0. The van der Waals surface area contributed by atoms with Crippen molar-refractivity contribution >= 4 is 0 Å². The first kappa shape index (κ1) is 16.2. The van der Waals surface area contributed by atoms with Crippen molar-refractivity contribution in [1.82, 2.24) is 5.32 Å². The van der Waals surface area contributed by atoms with Gasteiger partial charge in [0.05, 0.1) is 13.7 Å². The number of rotatable bonds is 8. The second-order valence-electron chi connectivity index (χ2n) is 6.09. The molecule has 0 radical (unpaired) electrons. The number of hydrogen-bond donors (Lipinski definition) is 1. The molecule has 3 heteroatoms. The van der Waals surface area contributed by atoms with Gasteiger partial charge in [0.2, 0.25) is 0 Å². The summed E-state index contributed by atoms with van der Waals surface area (Å²) in [6.45, 7) is 5.13. The minimum atomic E-state index is 0.427. The topological polar surface area (TPSA) is 30.5 Å². The van der Waals surface area contributed by atoms with Gasteiger partial charge < -0.3 is 14.8 Å². The van der Waals surface area contributed by atoms with E-state index in [1.165, 1.54) is 32.1 Å². The average molecular weight is 291 g/mol. The van der Waals surface area contributed by atoms with Gasteiger partial charge in [-0.2, -0.15) is 0 Å². The van der Waals surface area contributed by atoms with Crippen LogP contribution in [0.1, 0.15) is 45.4 Å². The van der Waals surface area contributed by atoms with E-state index in [0.29, 0.717) is 5.41 Å². The molecule has 1 aromatic rings. The number of para-hydroxylation sites is 2. The molecule has 1 saturated carbocycles. The molecule has 0 bridgehead atoms. The van der Waals surface area contributed by atoms with Crippen LogP contribution < -0.4 is 14.8 Å². The molecule has 1 N–H and O–H groups in total. The highest BCUT2D eigenvalue weighted by atomic mass is 16.5. The fourth-order valence-electron chi connectivity index (χ4n) is 3.32. The van der Waals surface area contributed by atoms with Crippen LogP contribution in [-0.4, -0.2) is 26.8 Å². The summed E-state index contributed by atoms with van der Waals surface area (Å²) < 4.78 is 11.3. The molecule has 3 nitrogen and oxygen atoms in total. The summed E-state index contributed by atoms with van der Waals surface area (Å²) in [5.74, 6) is 1.68. The molecule has 0 unspecified atom stereocenters. The lowest BCUT2D eigenvalue weighted by Crippen LogP contribution is -2.37. The first-order valence-electron chi connectivity index (χ1n) is 8.26. The molecule has 0 atom stereocenters. The van der Waals surface area contributed by atoms with Crippen LogP contribution in [0.3, 0.4) is 0 Å². The van der Waals surface area contributed by atoms with Gasteiger partial charge in [-0.25, -0.2) is 0 Å². The summed E-state index contributed by atoms with van der Waals surface area (Å²) in [4.78, 5) is 0. The van der Waals surface area contributed by atoms with Crippen LogP contribution in [0.15, 0.2) is 24.3 Å². The van der Waals surface area contributed by atoms with E-state index in [4.69, 9.17) is 9.47 Å². The molecule has 1 fully saturated rings. The first-order chi connectivity index (χ1) is 10.3. The minimum Gasteiger partial charge on any atom is -0.493 e. The van der Waals surface area contributed by atoms with Gasteiger partial charge in [-0.15, -0.1) is 0 Å². The van der Waals surface area contributed by atoms with E-state index in [1.54, 1.807) is 7.11 Å². The Labute approximate surface area is 129 Å². The molecule has 0 amide bonds. The molecule has 0 saturated heterocycles. The second kappa shape index (κ2) is 8.28. The lowest BCUT2D eigenvalue weighted by atomic mass is 9.72. The summed E-state index contributed by atoms with van der Waals surface area (Å²) in [5, 5.41) is 3.55. The number of hydrogen-bond acceptors (Lipinski definition) is 3. The molecular formula is C18H29NO2. The third-order valence-corrected chi connectivity index (χ3v) is 4.62. The molecule has 0 spiro atoms. The molecule has 1 aliphatic rings. The fourth-order valence-corrected chi connectivity index (χ4v) is 3.32. The standard InChI is InChI=1S/C18H29NO2/c1-3-19-15-18(11-7-4-8-12-18)13-14-21-17-10-6-5-9-16(17)20-2/h5-6,9-10,19H,3-4,7-8,11-15H2,1-2H3. The Morgan fingerprint density at radius 1 is 1.10 bits per heavy atom. The van der Waals surface area contributed by atoms with Crippen molar-refractivity contribution in [1.29, 1.82) is 0 Å². The van der Waals surface area contributed by atoms with Crippen molar-refractivity contribution in [2.45, 2.75) is 45.4 Å². The van der Waals surface area contributed by atoms with Crippen molar-refractivity contribution in [3.05, 3.63) is 24.3 Å². The van der Waals surface area contributed by atoms with Crippen molar-refractivity contribution in [2.75, 3.05) is 26.8 Å². The van der Waals surface area contributed by atoms with Gasteiger partial charge in [-0.05, 0) is 43.4 Å². The van der Waals surface area contributed by atoms with E-state index >= 15 is 0 Å². The smallest absolute Gasteiger partial charge is 0.161 e. The van der Waals surface area contributed by atoms with E-state index in [0.717, 1.165) is 37.6 Å². The van der Waals surface area contributed by atoms with Gasteiger partial charge >= 0.3 is 0 Å². The Morgan fingerprint density at radius 3 is 2.48 bits per heavy atom. The summed E-state index contributed by atoms with van der Waals surface area (Å²) >= 11 is 0. The molecule has 1 aliphatic carbocycles. The number of nitrogens with one attached hydrogen (secondary N) is 1. The highest BCUT2D eigenvalue weighted by Crippen LogP contribution is 2.39. The van der Waals surface area contributed by atoms with E-state index < -0.39 is 0 Å². The summed E-state index contributed by atoms with van der Waals surface area (Å²) in [6.07, 6.45) is 7.89. The van der Waals surface area contributed by atoms with Gasteiger partial charge in [-0.3, -0.25) is 0 Å². The molecule has 0 heterocycles. The maximum absolute atomic E-state index is 5.98. The van der Waals surface area contributed by atoms with Crippen molar-refractivity contribution in [3.8, 4) is 11.5 Å². The van der Waals surface area contributed by atoms with E-state index in [9.17, 15) is 0 Å². The summed E-state index contributed by atoms with van der Waals surface area (Å²) in [6, 6.07) is 7.90. The van der Waals surface area contributed by atoms with E-state index in [2.05, 4.69) is 12.2 Å². The maximum Gasteiger partial charge on any atom is 0.161 e. The van der Waals surface area contributed by atoms with Crippen molar-refractivity contribution in [3.63, 3.8) is 0 Å². The van der Waals surface area contributed by atoms with Crippen molar-refractivity contribution in [2.24, 2.45) is 5.41 Å². The SMILES string of the molecule is CCNCC1(CCOc2ccccc2OC)CCCCC1. The number of methoxy groups -OCH3 is 1. The maximum atomic E-state index is 5.98. The highest BCUT2D eigenvalue weighted by molar-refractivity contribution is 5.39. The van der Waals surface area contributed by atoms with Gasteiger partial charge in [0.15, 0.2) is 11.5 Å². The van der Waals surface area contributed by atoms with Gasteiger partial charge in [0.25, 0.3) is 0 Å². The lowest BCUT2D eigenvalue weighted by molar-refractivity contribution is 0.133. The Bertz CT molecular complexity index is 413. The molecule has 1 aromatic carbocycles. The van der Waals surface area contributed by atoms with E-state index in [1.807, 2.05) is 24.3 Å². The van der Waals surface area contributed by atoms with Crippen LogP contribution in [-0.2, 0) is 0 Å². The normalized spacial score (nSPS) is 17.4. The van der Waals surface area contributed by atoms with Crippen LogP contribution in [0.25, 0.3) is 0 Å². The number of ether oxygens (including phenoxy) is 2. The summed E-state index contributed by atoms with van der Waals surface area (Å²) in [5.41, 5.74) is 0.427. The van der Waals surface area contributed by atoms with Gasteiger partial charge in [-0.1, -0.05) is 38.3 Å². The molecule has 2 rings (SSSR count). The molecule has 0 aliphatic heterocycles. The van der Waals surface area contributed by atoms with Crippen LogP contribution in [0.2, 0.25) is 0 Å². The molecular weight excluding hydrogens is 262 g/mol. The molecule has 118 valence electrons. The van der Waals surface area contributed by atoms with Crippen LogP contribution in [0.5, 0.6) is 11.5 Å². The van der Waals surface area contributed by atoms with Crippen LogP contribution >= 0.6 is 0 Å². The lowest BCUT2D eigenvalue weighted by Gasteiger charge is -2.37. The quantitative estimate of drug-likeness (QED) is 0.784. The average Bonchev–Trinajstić information content (AvgIpc) is 2.54.